The summed E-state index contributed by atoms with van der Waals surface area (Å²) in [6.07, 6.45) is 9.77. The van der Waals surface area contributed by atoms with Gasteiger partial charge in [0.15, 0.2) is 0 Å². The minimum atomic E-state index is 0.0463. The Kier molecular flexibility index (Phi) is 3.16. The van der Waals surface area contributed by atoms with Crippen LogP contribution in [0, 0.1) is 12.3 Å². The second kappa shape index (κ2) is 4.15. The highest BCUT2D eigenvalue weighted by molar-refractivity contribution is 5.74. The van der Waals surface area contributed by atoms with E-state index in [1.807, 2.05) is 4.90 Å². The number of rotatable bonds is 0. The first-order valence-corrected chi connectivity index (χ1v) is 4.49. The molecular weight excluding hydrogens is 150 g/mol. The predicted molar refractivity (Wildman–Crippen MR) is 48.5 cm³/mol. The summed E-state index contributed by atoms with van der Waals surface area (Å²) < 4.78 is 0. The van der Waals surface area contributed by atoms with Gasteiger partial charge in [0.2, 0.25) is 5.91 Å². The van der Waals surface area contributed by atoms with Gasteiger partial charge in [-0.25, -0.2) is 0 Å². The van der Waals surface area contributed by atoms with Gasteiger partial charge in [0, 0.05) is 13.5 Å². The quantitative estimate of drug-likeness (QED) is 0.497. The van der Waals surface area contributed by atoms with Gasteiger partial charge in [0.25, 0.3) is 0 Å². The molecule has 2 nitrogen and oxygen atoms in total. The zero-order valence-electron chi connectivity index (χ0n) is 7.55. The largest absolute Gasteiger partial charge is 0.329 e. The van der Waals surface area contributed by atoms with Crippen LogP contribution in [0.5, 0.6) is 0 Å². The van der Waals surface area contributed by atoms with E-state index < -0.39 is 0 Å². The van der Waals surface area contributed by atoms with Gasteiger partial charge in [-0.3, -0.25) is 4.79 Å². The number of carbonyl (C=O) groups excluding carboxylic acids is 1. The van der Waals surface area contributed by atoms with Crippen LogP contribution in [-0.2, 0) is 4.79 Å². The number of hydrogen-bond donors (Lipinski definition) is 0. The third-order valence-corrected chi connectivity index (χ3v) is 2.35. The number of hydrogen-bond acceptors (Lipinski definition) is 1. The fraction of sp³-hybridized carbons (Fsp3) is 0.700. The highest BCUT2D eigenvalue weighted by Gasteiger charge is 2.20. The number of likely N-dealkylation sites (tertiary alicyclic amines) is 1. The predicted octanol–water partition coefficient (Wildman–Crippen LogP) is 1.41. The Morgan fingerprint density at radius 3 is 2.83 bits per heavy atom. The third kappa shape index (κ3) is 2.01. The van der Waals surface area contributed by atoms with Crippen molar-refractivity contribution in [3.8, 4) is 12.3 Å². The minimum Gasteiger partial charge on any atom is -0.329 e. The zero-order chi connectivity index (χ0) is 8.97. The summed E-state index contributed by atoms with van der Waals surface area (Å²) in [6.45, 7) is 2.43. The van der Waals surface area contributed by atoms with Gasteiger partial charge in [0.05, 0.1) is 6.04 Å². The lowest BCUT2D eigenvalue weighted by atomic mass is 10.1. The number of nitrogens with zero attached hydrogens (tertiary/aromatic N) is 1. The zero-order valence-corrected chi connectivity index (χ0v) is 7.55. The van der Waals surface area contributed by atoms with Crippen LogP contribution in [0.15, 0.2) is 0 Å². The highest BCUT2D eigenvalue weighted by Crippen LogP contribution is 2.15. The molecule has 0 aromatic rings. The van der Waals surface area contributed by atoms with Crippen molar-refractivity contribution < 1.29 is 4.79 Å². The molecule has 0 saturated carbocycles. The molecule has 0 aliphatic carbocycles. The molecule has 2 heteroatoms. The van der Waals surface area contributed by atoms with Crippen molar-refractivity contribution in [2.24, 2.45) is 0 Å². The Hall–Kier alpha value is -0.970. The van der Waals surface area contributed by atoms with Crippen molar-refractivity contribution in [3.63, 3.8) is 0 Å². The normalized spacial score (nSPS) is 24.3. The summed E-state index contributed by atoms with van der Waals surface area (Å²) in [5, 5.41) is 0. The average Bonchev–Trinajstić information content (AvgIpc) is 2.27. The topological polar surface area (TPSA) is 20.3 Å². The molecule has 12 heavy (non-hydrogen) atoms. The Balaban J connectivity index is 2.65. The average molecular weight is 165 g/mol. The van der Waals surface area contributed by atoms with E-state index in [-0.39, 0.29) is 11.9 Å². The highest BCUT2D eigenvalue weighted by atomic mass is 16.2. The summed E-state index contributed by atoms with van der Waals surface area (Å²) in [7, 11) is 0. The molecule has 0 radical (unpaired) electrons. The molecular formula is C10H15NO. The summed E-state index contributed by atoms with van der Waals surface area (Å²) >= 11 is 0. The van der Waals surface area contributed by atoms with E-state index in [1.54, 1.807) is 6.92 Å². The maximum Gasteiger partial charge on any atom is 0.220 e. The van der Waals surface area contributed by atoms with Crippen LogP contribution >= 0.6 is 0 Å². The Bertz CT molecular complexity index is 204. The summed E-state index contributed by atoms with van der Waals surface area (Å²) in [5.74, 6) is 2.79. The molecule has 1 unspecified atom stereocenters. The summed E-state index contributed by atoms with van der Waals surface area (Å²) in [4.78, 5) is 13.0. The molecule has 0 aromatic carbocycles. The van der Waals surface area contributed by atoms with E-state index in [2.05, 4.69) is 5.92 Å². The Labute approximate surface area is 73.9 Å². The first-order valence-electron chi connectivity index (χ1n) is 4.49. The van der Waals surface area contributed by atoms with Crippen LogP contribution in [0.1, 0.15) is 32.6 Å². The number of terminal acetylenes is 1. The number of amides is 1. The van der Waals surface area contributed by atoms with Crippen LogP contribution in [0.25, 0.3) is 0 Å². The molecule has 1 aliphatic heterocycles. The van der Waals surface area contributed by atoms with Gasteiger partial charge >= 0.3 is 0 Å². The third-order valence-electron chi connectivity index (χ3n) is 2.35. The molecule has 1 heterocycles. The number of carbonyl (C=O) groups is 1. The van der Waals surface area contributed by atoms with E-state index in [4.69, 9.17) is 6.42 Å². The van der Waals surface area contributed by atoms with Gasteiger partial charge < -0.3 is 4.90 Å². The van der Waals surface area contributed by atoms with Gasteiger partial charge in [-0.15, -0.1) is 6.42 Å². The lowest BCUT2D eigenvalue weighted by Gasteiger charge is -2.24. The molecule has 1 rings (SSSR count). The maximum atomic E-state index is 11.2. The molecule has 0 N–H and O–H groups in total. The van der Waals surface area contributed by atoms with Crippen molar-refractivity contribution in [2.45, 2.75) is 38.6 Å². The van der Waals surface area contributed by atoms with Gasteiger partial charge in [-0.2, -0.15) is 0 Å². The maximum absolute atomic E-state index is 11.2. The Morgan fingerprint density at radius 2 is 2.25 bits per heavy atom. The lowest BCUT2D eigenvalue weighted by Crippen LogP contribution is -2.37. The molecule has 0 aromatic heterocycles. The molecule has 1 aliphatic rings. The van der Waals surface area contributed by atoms with Crippen molar-refractivity contribution in [3.05, 3.63) is 0 Å². The van der Waals surface area contributed by atoms with Crippen molar-refractivity contribution in [2.75, 3.05) is 6.54 Å². The molecule has 1 fully saturated rings. The van der Waals surface area contributed by atoms with E-state index in [9.17, 15) is 4.79 Å². The monoisotopic (exact) mass is 165 g/mol. The van der Waals surface area contributed by atoms with Gasteiger partial charge in [-0.05, 0) is 12.8 Å². The SMILES string of the molecule is C#CC1CCCCCN1C(C)=O. The molecule has 1 amide bonds. The minimum absolute atomic E-state index is 0.0463. The van der Waals surface area contributed by atoms with Crippen LogP contribution in [0.3, 0.4) is 0 Å². The molecule has 1 atom stereocenters. The summed E-state index contributed by atoms with van der Waals surface area (Å²) in [6, 6.07) is 0.0463. The molecule has 66 valence electrons. The second-order valence-electron chi connectivity index (χ2n) is 3.24. The first-order chi connectivity index (χ1) is 5.75. The van der Waals surface area contributed by atoms with Gasteiger partial charge in [-0.1, -0.05) is 18.8 Å². The van der Waals surface area contributed by atoms with Crippen LogP contribution in [0.2, 0.25) is 0 Å². The van der Waals surface area contributed by atoms with E-state index in [0.29, 0.717) is 0 Å². The fourth-order valence-corrected chi connectivity index (χ4v) is 1.66. The van der Waals surface area contributed by atoms with E-state index in [1.165, 1.54) is 6.42 Å². The summed E-state index contributed by atoms with van der Waals surface area (Å²) in [5.41, 5.74) is 0. The van der Waals surface area contributed by atoms with Gasteiger partial charge in [0.1, 0.15) is 0 Å². The van der Waals surface area contributed by atoms with E-state index >= 15 is 0 Å². The van der Waals surface area contributed by atoms with Crippen molar-refractivity contribution in [1.82, 2.24) is 4.90 Å². The van der Waals surface area contributed by atoms with Crippen LogP contribution in [-0.4, -0.2) is 23.4 Å². The van der Waals surface area contributed by atoms with Crippen molar-refractivity contribution >= 4 is 5.91 Å². The van der Waals surface area contributed by atoms with Crippen molar-refractivity contribution in [1.29, 1.82) is 0 Å². The van der Waals surface area contributed by atoms with E-state index in [0.717, 1.165) is 25.8 Å². The van der Waals surface area contributed by atoms with Crippen LogP contribution in [0.4, 0.5) is 0 Å². The van der Waals surface area contributed by atoms with Crippen LogP contribution < -0.4 is 0 Å². The first kappa shape index (κ1) is 9.12. The second-order valence-corrected chi connectivity index (χ2v) is 3.24. The standard InChI is InChI=1S/C10H15NO/c1-3-10-7-5-4-6-8-11(10)9(2)12/h1,10H,4-8H2,2H3. The Morgan fingerprint density at radius 1 is 1.50 bits per heavy atom. The molecule has 0 spiro atoms. The molecule has 0 bridgehead atoms. The fourth-order valence-electron chi connectivity index (χ4n) is 1.66. The smallest absolute Gasteiger partial charge is 0.220 e. The molecule has 1 saturated heterocycles. The lowest BCUT2D eigenvalue weighted by molar-refractivity contribution is -0.129.